The van der Waals surface area contributed by atoms with Gasteiger partial charge >= 0.3 is 5.82 Å². The predicted molar refractivity (Wildman–Crippen MR) is 102 cm³/mol. The minimum atomic E-state index is -0.774. The van der Waals surface area contributed by atoms with Crippen LogP contribution in [0.5, 0.6) is 5.75 Å². The summed E-state index contributed by atoms with van der Waals surface area (Å²) in [6.07, 6.45) is -0.381. The van der Waals surface area contributed by atoms with Crippen molar-refractivity contribution in [3.8, 4) is 5.75 Å². The van der Waals surface area contributed by atoms with Crippen molar-refractivity contribution in [2.45, 2.75) is 33.3 Å². The van der Waals surface area contributed by atoms with Crippen LogP contribution in [0.4, 0.5) is 17.3 Å². The normalized spacial score (nSPS) is 15.6. The average Bonchev–Trinajstić information content (AvgIpc) is 2.66. The van der Waals surface area contributed by atoms with Gasteiger partial charge in [-0.3, -0.25) is 14.5 Å². The number of amides is 2. The number of carbonyl (C=O) groups excluding carboxylic acids is 2. The first-order valence-electron chi connectivity index (χ1n) is 8.80. The summed E-state index contributed by atoms with van der Waals surface area (Å²) in [5.74, 6) is -1.11. The van der Waals surface area contributed by atoms with Crippen molar-refractivity contribution in [2.75, 3.05) is 16.8 Å². The van der Waals surface area contributed by atoms with E-state index in [0.29, 0.717) is 12.1 Å². The van der Waals surface area contributed by atoms with E-state index >= 15 is 0 Å². The molecule has 0 aliphatic carbocycles. The van der Waals surface area contributed by atoms with Gasteiger partial charge in [0.25, 0.3) is 11.7 Å². The van der Waals surface area contributed by atoms with Crippen LogP contribution in [0, 0.1) is 24.0 Å². The van der Waals surface area contributed by atoms with Crippen molar-refractivity contribution in [1.29, 1.82) is 0 Å². The van der Waals surface area contributed by atoms with E-state index in [1.807, 2.05) is 32.0 Å². The van der Waals surface area contributed by atoms with Crippen LogP contribution in [-0.4, -0.2) is 34.4 Å². The molecule has 9 heteroatoms. The number of nitro groups is 1. The van der Waals surface area contributed by atoms with Gasteiger partial charge in [0.05, 0.1) is 0 Å². The molecule has 2 heterocycles. The van der Waals surface area contributed by atoms with E-state index in [9.17, 15) is 19.7 Å². The topological polar surface area (TPSA) is 115 Å². The van der Waals surface area contributed by atoms with E-state index in [1.165, 1.54) is 12.1 Å². The van der Waals surface area contributed by atoms with Crippen LogP contribution in [0.15, 0.2) is 30.3 Å². The highest BCUT2D eigenvalue weighted by atomic mass is 16.6. The molecule has 1 aliphatic rings. The van der Waals surface area contributed by atoms with Crippen molar-refractivity contribution < 1.29 is 19.2 Å². The smallest absolute Gasteiger partial charge is 0.366 e. The highest BCUT2D eigenvalue weighted by Crippen LogP contribution is 2.34. The number of benzene rings is 1. The largest absolute Gasteiger partial charge is 0.474 e. The van der Waals surface area contributed by atoms with Gasteiger partial charge in [0, 0.05) is 11.8 Å². The molecule has 0 spiro atoms. The number of hydrogen-bond donors (Lipinski definition) is 1. The third-order valence-electron chi connectivity index (χ3n) is 4.42. The molecule has 1 N–H and O–H groups in total. The van der Waals surface area contributed by atoms with Gasteiger partial charge in [-0.15, -0.1) is 0 Å². The van der Waals surface area contributed by atoms with Gasteiger partial charge in [0.2, 0.25) is 5.91 Å². The Morgan fingerprint density at radius 3 is 2.75 bits per heavy atom. The zero-order valence-corrected chi connectivity index (χ0v) is 15.8. The number of ether oxygens (including phenoxy) is 1. The summed E-state index contributed by atoms with van der Waals surface area (Å²) in [7, 11) is 0. The van der Waals surface area contributed by atoms with Gasteiger partial charge in [-0.05, 0) is 53.4 Å². The maximum absolute atomic E-state index is 12.7. The van der Waals surface area contributed by atoms with Crippen molar-refractivity contribution in [2.24, 2.45) is 0 Å². The molecular weight excluding hydrogens is 364 g/mol. The molecule has 0 saturated heterocycles. The third-order valence-corrected chi connectivity index (χ3v) is 4.42. The fourth-order valence-corrected chi connectivity index (χ4v) is 2.91. The summed E-state index contributed by atoms with van der Waals surface area (Å²) < 4.78 is 5.59. The van der Waals surface area contributed by atoms with Crippen LogP contribution in [-0.2, 0) is 9.59 Å². The number of nitrogens with one attached hydrogen (secondary N) is 1. The maximum atomic E-state index is 12.7. The molecule has 0 saturated carbocycles. The monoisotopic (exact) mass is 384 g/mol. The quantitative estimate of drug-likeness (QED) is 0.626. The highest BCUT2D eigenvalue weighted by Gasteiger charge is 2.39. The number of hydrogen-bond acceptors (Lipinski definition) is 6. The first-order valence-corrected chi connectivity index (χ1v) is 8.80. The van der Waals surface area contributed by atoms with E-state index in [-0.39, 0.29) is 18.1 Å². The number of aromatic nitrogens is 1. The summed E-state index contributed by atoms with van der Waals surface area (Å²) in [6, 6.07) is 8.25. The lowest BCUT2D eigenvalue weighted by Gasteiger charge is -2.30. The van der Waals surface area contributed by atoms with E-state index in [1.54, 1.807) is 6.92 Å². The molecule has 1 aromatic carbocycles. The highest BCUT2D eigenvalue weighted by molar-refractivity contribution is 6.05. The molecule has 1 aromatic heterocycles. The number of aryl methyl sites for hydroxylation is 2. The zero-order valence-electron chi connectivity index (χ0n) is 15.8. The fraction of sp³-hybridized carbons (Fsp3) is 0.316. The Hall–Kier alpha value is -3.49. The van der Waals surface area contributed by atoms with E-state index in [4.69, 9.17) is 4.74 Å². The number of carbonyl (C=O) groups is 2. The molecule has 2 aromatic rings. The van der Waals surface area contributed by atoms with Crippen LogP contribution in [0.1, 0.15) is 24.5 Å². The second-order valence-corrected chi connectivity index (χ2v) is 6.55. The second kappa shape index (κ2) is 7.63. The third kappa shape index (κ3) is 3.78. The Morgan fingerprint density at radius 1 is 1.32 bits per heavy atom. The van der Waals surface area contributed by atoms with Crippen molar-refractivity contribution in [3.63, 3.8) is 0 Å². The Kier molecular flexibility index (Phi) is 5.25. The summed E-state index contributed by atoms with van der Waals surface area (Å²) in [5.41, 5.74) is 2.51. The van der Waals surface area contributed by atoms with Gasteiger partial charge < -0.3 is 20.2 Å². The Labute approximate surface area is 161 Å². The first-order chi connectivity index (χ1) is 13.3. The standard InChI is InChI=1S/C19H20N4O5/c1-4-14-19(25)22(18-15(28-14)7-8-16(21-18)23(26)27)10-17(24)20-13-9-11(2)5-6-12(13)3/h5-9,14H,4,10H2,1-3H3,(H,20,24). The molecule has 0 bridgehead atoms. The molecule has 0 fully saturated rings. The van der Waals surface area contributed by atoms with Crippen LogP contribution in [0.2, 0.25) is 0 Å². The number of rotatable bonds is 5. The summed E-state index contributed by atoms with van der Waals surface area (Å²) in [6.45, 7) is 5.22. The summed E-state index contributed by atoms with van der Waals surface area (Å²) >= 11 is 0. The number of fused-ring (bicyclic) bond motifs is 1. The van der Waals surface area contributed by atoms with Gasteiger partial charge in [-0.2, -0.15) is 0 Å². The second-order valence-electron chi connectivity index (χ2n) is 6.55. The number of nitrogens with zero attached hydrogens (tertiary/aromatic N) is 3. The molecule has 3 rings (SSSR count). The molecule has 1 aliphatic heterocycles. The number of anilines is 2. The maximum Gasteiger partial charge on any atom is 0.366 e. The molecule has 146 valence electrons. The first kappa shape index (κ1) is 19.3. The minimum Gasteiger partial charge on any atom is -0.474 e. The van der Waals surface area contributed by atoms with Gasteiger partial charge in [-0.25, -0.2) is 0 Å². The van der Waals surface area contributed by atoms with Crippen molar-refractivity contribution in [1.82, 2.24) is 4.98 Å². The number of pyridine rings is 1. The molecule has 2 amide bonds. The van der Waals surface area contributed by atoms with E-state index < -0.39 is 28.7 Å². The lowest BCUT2D eigenvalue weighted by Crippen LogP contribution is -2.49. The lowest BCUT2D eigenvalue weighted by atomic mass is 10.1. The molecule has 1 atom stereocenters. The molecular formula is C19H20N4O5. The zero-order chi connectivity index (χ0) is 20.4. The van der Waals surface area contributed by atoms with Crippen molar-refractivity contribution >= 4 is 29.1 Å². The predicted octanol–water partition coefficient (Wildman–Crippen LogP) is 2.75. The van der Waals surface area contributed by atoms with Gasteiger partial charge in [0.15, 0.2) is 11.9 Å². The van der Waals surface area contributed by atoms with Gasteiger partial charge in [0.1, 0.15) is 6.54 Å². The van der Waals surface area contributed by atoms with E-state index in [0.717, 1.165) is 16.0 Å². The van der Waals surface area contributed by atoms with Crippen molar-refractivity contribution in [3.05, 3.63) is 51.6 Å². The minimum absolute atomic E-state index is 0.0278. The molecule has 9 nitrogen and oxygen atoms in total. The Balaban J connectivity index is 1.90. The summed E-state index contributed by atoms with van der Waals surface area (Å²) in [5, 5.41) is 13.8. The SMILES string of the molecule is CCC1Oc2ccc([N+](=O)[O-])nc2N(CC(=O)Nc2cc(C)ccc2C)C1=O. The molecule has 1 unspecified atom stereocenters. The molecule has 28 heavy (non-hydrogen) atoms. The van der Waals surface area contributed by atoms with Gasteiger partial charge in [-0.1, -0.05) is 19.1 Å². The Bertz CT molecular complexity index is 959. The molecule has 0 radical (unpaired) electrons. The van der Waals surface area contributed by atoms with Crippen LogP contribution < -0.4 is 15.0 Å². The van der Waals surface area contributed by atoms with Crippen LogP contribution in [0.25, 0.3) is 0 Å². The summed E-state index contributed by atoms with van der Waals surface area (Å²) in [4.78, 5) is 40.8. The average molecular weight is 384 g/mol. The fourth-order valence-electron chi connectivity index (χ4n) is 2.91. The lowest BCUT2D eigenvalue weighted by molar-refractivity contribution is -0.389. The van der Waals surface area contributed by atoms with Crippen LogP contribution >= 0.6 is 0 Å². The Morgan fingerprint density at radius 2 is 2.07 bits per heavy atom. The van der Waals surface area contributed by atoms with E-state index in [2.05, 4.69) is 10.3 Å². The van der Waals surface area contributed by atoms with Crippen LogP contribution in [0.3, 0.4) is 0 Å².